The predicted octanol–water partition coefficient (Wildman–Crippen LogP) is 3.96. The summed E-state index contributed by atoms with van der Waals surface area (Å²) < 4.78 is 28.8. The molecule has 0 fully saturated rings. The third-order valence-electron chi connectivity index (χ3n) is 3.01. The zero-order valence-corrected chi connectivity index (χ0v) is 13.1. The largest absolute Gasteiger partial charge is 0.296 e. The van der Waals surface area contributed by atoms with E-state index >= 15 is 0 Å². The molecule has 0 aromatic heterocycles. The molecule has 0 aliphatic rings. The number of benzene rings is 1. The van der Waals surface area contributed by atoms with Gasteiger partial charge in [-0.3, -0.25) is 4.18 Å². The highest BCUT2D eigenvalue weighted by molar-refractivity contribution is 7.86. The van der Waals surface area contributed by atoms with Crippen molar-refractivity contribution in [1.82, 2.24) is 0 Å². The number of rotatable bonds is 10. The second-order valence-electron chi connectivity index (χ2n) is 4.81. The zero-order valence-electron chi connectivity index (χ0n) is 12.2. The first-order valence-electron chi connectivity index (χ1n) is 7.03. The van der Waals surface area contributed by atoms with Gasteiger partial charge in [0.25, 0.3) is 10.1 Å². The van der Waals surface area contributed by atoms with Gasteiger partial charge in [0.2, 0.25) is 0 Å². The highest BCUT2D eigenvalue weighted by Gasteiger charge is 2.14. The van der Waals surface area contributed by atoms with E-state index in [1.165, 1.54) is 0 Å². The summed E-state index contributed by atoms with van der Waals surface area (Å²) in [5.41, 5.74) is 9.12. The van der Waals surface area contributed by atoms with Crippen LogP contribution in [0.5, 0.6) is 0 Å². The average Bonchev–Trinajstić information content (AvgIpc) is 2.46. The molecule has 1 rings (SSSR count). The Labute approximate surface area is 125 Å². The Balaban J connectivity index is 2.19. The van der Waals surface area contributed by atoms with Gasteiger partial charge >= 0.3 is 0 Å². The van der Waals surface area contributed by atoms with Crippen LogP contribution in [0.3, 0.4) is 0 Å². The number of azide groups is 1. The van der Waals surface area contributed by atoms with Gasteiger partial charge < -0.3 is 0 Å². The summed E-state index contributed by atoms with van der Waals surface area (Å²) in [6.45, 7) is 2.63. The highest BCUT2D eigenvalue weighted by atomic mass is 32.2. The maximum atomic E-state index is 11.9. The van der Waals surface area contributed by atoms with E-state index in [2.05, 4.69) is 10.0 Å². The number of hydrogen-bond acceptors (Lipinski definition) is 4. The quantitative estimate of drug-likeness (QED) is 0.215. The second kappa shape index (κ2) is 9.39. The van der Waals surface area contributed by atoms with Crippen LogP contribution in [0.4, 0.5) is 0 Å². The van der Waals surface area contributed by atoms with Crippen molar-refractivity contribution >= 4 is 10.1 Å². The van der Waals surface area contributed by atoms with Crippen molar-refractivity contribution < 1.29 is 12.6 Å². The number of nitrogens with zero attached hydrogens (tertiary/aromatic N) is 3. The average molecular weight is 311 g/mol. The van der Waals surface area contributed by atoms with Crippen molar-refractivity contribution in [3.05, 3.63) is 40.3 Å². The van der Waals surface area contributed by atoms with Crippen molar-refractivity contribution in [2.45, 2.75) is 43.9 Å². The van der Waals surface area contributed by atoms with Gasteiger partial charge in [-0.2, -0.15) is 8.42 Å². The van der Waals surface area contributed by atoms with E-state index < -0.39 is 10.1 Å². The highest BCUT2D eigenvalue weighted by Crippen LogP contribution is 2.14. The molecule has 0 bridgehead atoms. The Hall–Kier alpha value is -1.56. The molecule has 0 saturated carbocycles. The van der Waals surface area contributed by atoms with Crippen molar-refractivity contribution in [2.75, 3.05) is 13.2 Å². The third kappa shape index (κ3) is 7.13. The van der Waals surface area contributed by atoms with E-state index in [0.29, 0.717) is 13.0 Å². The molecule has 6 nitrogen and oxygen atoms in total. The molecular formula is C14H21N3O3S. The van der Waals surface area contributed by atoms with E-state index in [1.54, 1.807) is 24.3 Å². The van der Waals surface area contributed by atoms with Crippen molar-refractivity contribution in [2.24, 2.45) is 5.11 Å². The van der Waals surface area contributed by atoms with Crippen molar-refractivity contribution in [3.63, 3.8) is 0 Å². The number of aryl methyl sites for hydroxylation is 1. The van der Waals surface area contributed by atoms with Crippen LogP contribution >= 0.6 is 0 Å². The Kier molecular flexibility index (Phi) is 7.82. The van der Waals surface area contributed by atoms with Gasteiger partial charge in [0.05, 0.1) is 11.5 Å². The molecular weight excluding hydrogens is 290 g/mol. The number of unbranched alkanes of at least 4 members (excludes halogenated alkanes) is 4. The minimum absolute atomic E-state index is 0.197. The molecule has 0 heterocycles. The molecule has 0 saturated heterocycles. The Morgan fingerprint density at radius 2 is 1.71 bits per heavy atom. The lowest BCUT2D eigenvalue weighted by Crippen LogP contribution is -2.07. The minimum Gasteiger partial charge on any atom is -0.266 e. The summed E-state index contributed by atoms with van der Waals surface area (Å²) in [5, 5.41) is 3.45. The first-order chi connectivity index (χ1) is 10.1. The molecule has 7 heteroatoms. The lowest BCUT2D eigenvalue weighted by atomic mass is 10.1. The summed E-state index contributed by atoms with van der Waals surface area (Å²) in [6, 6.07) is 6.61. The molecule has 0 atom stereocenters. The van der Waals surface area contributed by atoms with Crippen LogP contribution in [0, 0.1) is 6.92 Å². The first kappa shape index (κ1) is 17.5. The lowest BCUT2D eigenvalue weighted by molar-refractivity contribution is 0.306. The lowest BCUT2D eigenvalue weighted by Gasteiger charge is -2.06. The van der Waals surface area contributed by atoms with Crippen LogP contribution in [0.2, 0.25) is 0 Å². The van der Waals surface area contributed by atoms with Gasteiger partial charge in [-0.05, 0) is 37.4 Å². The normalized spacial score (nSPS) is 11.1. The predicted molar refractivity (Wildman–Crippen MR) is 81.4 cm³/mol. The van der Waals surface area contributed by atoms with Gasteiger partial charge in [0, 0.05) is 11.5 Å². The molecule has 0 radical (unpaired) electrons. The van der Waals surface area contributed by atoms with Gasteiger partial charge in [-0.15, -0.1) is 0 Å². The van der Waals surface area contributed by atoms with Gasteiger partial charge in [0.15, 0.2) is 0 Å². The molecule has 1 aromatic rings. The molecule has 0 spiro atoms. The van der Waals surface area contributed by atoms with Crippen molar-refractivity contribution in [3.8, 4) is 0 Å². The first-order valence-corrected chi connectivity index (χ1v) is 8.44. The zero-order chi connectivity index (χ0) is 15.6. The number of hydrogen-bond donors (Lipinski definition) is 0. The molecule has 0 aliphatic carbocycles. The summed E-state index contributed by atoms with van der Waals surface area (Å²) in [6.07, 6.45) is 4.43. The smallest absolute Gasteiger partial charge is 0.266 e. The van der Waals surface area contributed by atoms with Crippen LogP contribution in [0.1, 0.15) is 37.7 Å². The van der Waals surface area contributed by atoms with Crippen LogP contribution in [-0.4, -0.2) is 21.6 Å². The molecule has 0 amide bonds. The topological polar surface area (TPSA) is 92.1 Å². The maximum Gasteiger partial charge on any atom is 0.296 e. The summed E-state index contributed by atoms with van der Waals surface area (Å²) in [4.78, 5) is 2.88. The SMILES string of the molecule is Cc1ccc(S(=O)(=O)OCCCCCCCN=[N+]=[N-])cc1. The third-order valence-corrected chi connectivity index (χ3v) is 4.34. The fraction of sp³-hybridized carbons (Fsp3) is 0.571. The molecule has 0 aliphatic heterocycles. The van der Waals surface area contributed by atoms with Gasteiger partial charge in [0.1, 0.15) is 0 Å². The Bertz CT molecular complexity index is 564. The van der Waals surface area contributed by atoms with Crippen LogP contribution in [-0.2, 0) is 14.3 Å². The van der Waals surface area contributed by atoms with E-state index in [-0.39, 0.29) is 11.5 Å². The maximum absolute atomic E-state index is 11.9. The van der Waals surface area contributed by atoms with Gasteiger partial charge in [-0.25, -0.2) is 0 Å². The van der Waals surface area contributed by atoms with Crippen LogP contribution < -0.4 is 0 Å². The van der Waals surface area contributed by atoms with E-state index in [4.69, 9.17) is 9.71 Å². The molecule has 116 valence electrons. The summed E-state index contributed by atoms with van der Waals surface area (Å²) >= 11 is 0. The Morgan fingerprint density at radius 3 is 2.38 bits per heavy atom. The monoisotopic (exact) mass is 311 g/mol. The summed E-state index contributed by atoms with van der Waals surface area (Å²) in [7, 11) is -3.64. The molecule has 21 heavy (non-hydrogen) atoms. The second-order valence-corrected chi connectivity index (χ2v) is 6.43. The fourth-order valence-electron chi connectivity index (χ4n) is 1.80. The van der Waals surface area contributed by atoms with Crippen molar-refractivity contribution in [1.29, 1.82) is 0 Å². The van der Waals surface area contributed by atoms with E-state index in [9.17, 15) is 8.42 Å². The van der Waals surface area contributed by atoms with Crippen LogP contribution in [0.15, 0.2) is 34.3 Å². The summed E-state index contributed by atoms with van der Waals surface area (Å²) in [5.74, 6) is 0. The minimum atomic E-state index is -3.64. The fourth-order valence-corrected chi connectivity index (χ4v) is 2.74. The molecule has 1 aromatic carbocycles. The molecule has 0 unspecified atom stereocenters. The molecule has 0 N–H and O–H groups in total. The Morgan fingerprint density at radius 1 is 1.10 bits per heavy atom. The van der Waals surface area contributed by atoms with Gasteiger partial charge in [-0.1, -0.05) is 42.1 Å². The van der Waals surface area contributed by atoms with E-state index in [1.807, 2.05) is 6.92 Å². The van der Waals surface area contributed by atoms with E-state index in [0.717, 1.165) is 31.2 Å². The standard InChI is InChI=1S/C14H21N3O3S/c1-13-7-9-14(10-8-13)21(18,19)20-12-6-4-2-3-5-11-16-17-15/h7-10H,2-6,11-12H2,1H3. The van der Waals surface area contributed by atoms with Crippen LogP contribution in [0.25, 0.3) is 10.4 Å².